The quantitative estimate of drug-likeness (QED) is 0.595. The van der Waals surface area contributed by atoms with Gasteiger partial charge in [-0.05, 0) is 48.4 Å². The predicted molar refractivity (Wildman–Crippen MR) is 94.3 cm³/mol. The highest BCUT2D eigenvalue weighted by molar-refractivity contribution is 6.31. The van der Waals surface area contributed by atoms with Crippen molar-refractivity contribution in [2.45, 2.75) is 13.3 Å². The van der Waals surface area contributed by atoms with Crippen LogP contribution in [-0.4, -0.2) is 18.5 Å². The largest absolute Gasteiger partial charge is 0.494 e. The van der Waals surface area contributed by atoms with Gasteiger partial charge < -0.3 is 9.47 Å². The zero-order valence-corrected chi connectivity index (χ0v) is 13.9. The van der Waals surface area contributed by atoms with E-state index in [0.29, 0.717) is 17.2 Å². The Labute approximate surface area is 145 Å². The molecule has 1 aliphatic heterocycles. The van der Waals surface area contributed by atoms with Gasteiger partial charge in [0.25, 0.3) is 0 Å². The summed E-state index contributed by atoms with van der Waals surface area (Å²) >= 11 is 5.95. The Kier molecular flexibility index (Phi) is 4.96. The number of halogens is 1. The number of nitrogens with zero attached hydrogens (tertiary/aromatic N) is 1. The molecule has 0 aliphatic carbocycles. The topological polar surface area (TPSA) is 47.9 Å². The molecule has 1 aliphatic rings. The van der Waals surface area contributed by atoms with Gasteiger partial charge in [-0.25, -0.2) is 9.79 Å². The number of cyclic esters (lactones) is 1. The van der Waals surface area contributed by atoms with E-state index in [1.807, 2.05) is 24.3 Å². The number of ether oxygens (including phenoxy) is 2. The number of rotatable bonds is 5. The van der Waals surface area contributed by atoms with Gasteiger partial charge in [-0.2, -0.15) is 0 Å². The van der Waals surface area contributed by atoms with Crippen molar-refractivity contribution < 1.29 is 14.3 Å². The Morgan fingerprint density at radius 2 is 2.00 bits per heavy atom. The molecular formula is C19H16ClNO3. The maximum atomic E-state index is 12.0. The lowest BCUT2D eigenvalue weighted by Gasteiger charge is -2.04. The van der Waals surface area contributed by atoms with Crippen LogP contribution in [0.5, 0.6) is 5.75 Å². The summed E-state index contributed by atoms with van der Waals surface area (Å²) in [7, 11) is 0. The van der Waals surface area contributed by atoms with Gasteiger partial charge in [0, 0.05) is 10.6 Å². The van der Waals surface area contributed by atoms with E-state index in [-0.39, 0.29) is 11.6 Å². The molecule has 0 aromatic heterocycles. The van der Waals surface area contributed by atoms with Crippen molar-refractivity contribution in [1.29, 1.82) is 0 Å². The van der Waals surface area contributed by atoms with Crippen molar-refractivity contribution in [1.82, 2.24) is 0 Å². The Bertz CT molecular complexity index is 810. The van der Waals surface area contributed by atoms with E-state index in [4.69, 9.17) is 21.1 Å². The number of benzene rings is 2. The van der Waals surface area contributed by atoms with Crippen molar-refractivity contribution in [3.05, 3.63) is 70.4 Å². The molecule has 0 saturated carbocycles. The first kappa shape index (κ1) is 16.3. The van der Waals surface area contributed by atoms with E-state index in [1.54, 1.807) is 30.3 Å². The van der Waals surface area contributed by atoms with E-state index in [9.17, 15) is 4.79 Å². The van der Waals surface area contributed by atoms with Crippen LogP contribution in [-0.2, 0) is 9.53 Å². The highest BCUT2D eigenvalue weighted by Gasteiger charge is 2.24. The molecule has 0 amide bonds. The molecule has 5 heteroatoms. The number of carbonyl (C=O) groups is 1. The van der Waals surface area contributed by atoms with Crippen LogP contribution in [0.1, 0.15) is 24.5 Å². The van der Waals surface area contributed by atoms with Crippen LogP contribution in [0.15, 0.2) is 59.2 Å². The second-order valence-corrected chi connectivity index (χ2v) is 5.70. The summed E-state index contributed by atoms with van der Waals surface area (Å²) in [4.78, 5) is 16.3. The molecule has 3 rings (SSSR count). The zero-order valence-electron chi connectivity index (χ0n) is 13.2. The third-order valence-electron chi connectivity index (χ3n) is 3.35. The molecule has 0 bridgehead atoms. The fraction of sp³-hybridized carbons (Fsp3) is 0.158. The van der Waals surface area contributed by atoms with Gasteiger partial charge in [0.15, 0.2) is 5.70 Å². The molecule has 24 heavy (non-hydrogen) atoms. The van der Waals surface area contributed by atoms with Crippen LogP contribution in [0.3, 0.4) is 0 Å². The van der Waals surface area contributed by atoms with Crippen molar-refractivity contribution in [3.8, 4) is 5.75 Å². The molecule has 1 heterocycles. The molecule has 0 fully saturated rings. The SMILES string of the molecule is CCCOc1ccc(/C=C2\N=C(c3cccc(Cl)c3)OC2=O)cc1. The standard InChI is InChI=1S/C19H16ClNO3/c1-2-10-23-16-8-6-13(7-9-16)11-17-19(22)24-18(21-17)14-4-3-5-15(20)12-14/h3-9,11-12H,2,10H2,1H3/b17-11-. The van der Waals surface area contributed by atoms with E-state index in [2.05, 4.69) is 11.9 Å². The summed E-state index contributed by atoms with van der Waals surface area (Å²) in [6, 6.07) is 14.5. The second-order valence-electron chi connectivity index (χ2n) is 5.26. The summed E-state index contributed by atoms with van der Waals surface area (Å²) in [6.45, 7) is 2.74. The van der Waals surface area contributed by atoms with E-state index >= 15 is 0 Å². The number of hydrogen-bond donors (Lipinski definition) is 0. The minimum atomic E-state index is -0.476. The van der Waals surface area contributed by atoms with E-state index in [0.717, 1.165) is 17.7 Å². The number of carbonyl (C=O) groups excluding carboxylic acids is 1. The van der Waals surface area contributed by atoms with Gasteiger partial charge in [0.05, 0.1) is 6.61 Å². The van der Waals surface area contributed by atoms with Gasteiger partial charge in [0.1, 0.15) is 5.75 Å². The molecule has 0 N–H and O–H groups in total. The molecule has 2 aromatic rings. The predicted octanol–water partition coefficient (Wildman–Crippen LogP) is 4.47. The lowest BCUT2D eigenvalue weighted by Crippen LogP contribution is -2.05. The molecule has 4 nitrogen and oxygen atoms in total. The van der Waals surface area contributed by atoms with Crippen LogP contribution in [0.4, 0.5) is 0 Å². The number of esters is 1. The summed E-state index contributed by atoms with van der Waals surface area (Å²) in [6.07, 6.45) is 2.64. The van der Waals surface area contributed by atoms with Gasteiger partial charge in [-0.3, -0.25) is 0 Å². The van der Waals surface area contributed by atoms with Crippen molar-refractivity contribution in [3.63, 3.8) is 0 Å². The van der Waals surface area contributed by atoms with E-state index in [1.165, 1.54) is 0 Å². The second kappa shape index (κ2) is 7.32. The maximum Gasteiger partial charge on any atom is 0.363 e. The molecule has 0 radical (unpaired) electrons. The third-order valence-corrected chi connectivity index (χ3v) is 3.58. The lowest BCUT2D eigenvalue weighted by molar-refractivity contribution is -0.129. The molecule has 0 unspecified atom stereocenters. The Morgan fingerprint density at radius 3 is 2.71 bits per heavy atom. The van der Waals surface area contributed by atoms with Crippen molar-refractivity contribution in [2.24, 2.45) is 4.99 Å². The van der Waals surface area contributed by atoms with Crippen LogP contribution < -0.4 is 4.74 Å². The summed E-state index contributed by atoms with van der Waals surface area (Å²) in [5.41, 5.74) is 1.77. The minimum Gasteiger partial charge on any atom is -0.494 e. The Balaban J connectivity index is 1.80. The van der Waals surface area contributed by atoms with Gasteiger partial charge in [0.2, 0.25) is 5.90 Å². The van der Waals surface area contributed by atoms with Crippen molar-refractivity contribution in [2.75, 3.05) is 6.61 Å². The smallest absolute Gasteiger partial charge is 0.363 e. The number of aliphatic imine (C=N–C) groups is 1. The highest BCUT2D eigenvalue weighted by atomic mass is 35.5. The third kappa shape index (κ3) is 3.84. The molecule has 122 valence electrons. The fourth-order valence-electron chi connectivity index (χ4n) is 2.19. The summed E-state index contributed by atoms with van der Waals surface area (Å²) in [5.74, 6) is 0.587. The first-order chi connectivity index (χ1) is 11.7. The van der Waals surface area contributed by atoms with Crippen LogP contribution >= 0.6 is 11.6 Å². The van der Waals surface area contributed by atoms with Gasteiger partial charge in [-0.1, -0.05) is 36.7 Å². The first-order valence-electron chi connectivity index (χ1n) is 7.67. The maximum absolute atomic E-state index is 12.0. The van der Waals surface area contributed by atoms with Crippen molar-refractivity contribution >= 4 is 29.5 Å². The number of hydrogen-bond acceptors (Lipinski definition) is 4. The molecule has 0 saturated heterocycles. The van der Waals surface area contributed by atoms with Crippen LogP contribution in [0, 0.1) is 0 Å². The average molecular weight is 342 g/mol. The van der Waals surface area contributed by atoms with Gasteiger partial charge >= 0.3 is 5.97 Å². The first-order valence-corrected chi connectivity index (χ1v) is 8.05. The van der Waals surface area contributed by atoms with Crippen LogP contribution in [0.25, 0.3) is 6.08 Å². The minimum absolute atomic E-state index is 0.257. The average Bonchev–Trinajstić information content (AvgIpc) is 2.95. The fourth-order valence-corrected chi connectivity index (χ4v) is 2.38. The molecule has 0 atom stereocenters. The summed E-state index contributed by atoms with van der Waals surface area (Å²) in [5, 5.41) is 0.561. The Morgan fingerprint density at radius 1 is 1.21 bits per heavy atom. The van der Waals surface area contributed by atoms with Crippen LogP contribution in [0.2, 0.25) is 5.02 Å². The Hall–Kier alpha value is -2.59. The normalized spacial score (nSPS) is 15.3. The molecule has 0 spiro atoms. The molecular weight excluding hydrogens is 326 g/mol. The zero-order chi connectivity index (χ0) is 16.9. The van der Waals surface area contributed by atoms with E-state index < -0.39 is 5.97 Å². The summed E-state index contributed by atoms with van der Waals surface area (Å²) < 4.78 is 10.8. The monoisotopic (exact) mass is 341 g/mol. The molecule has 2 aromatic carbocycles. The highest BCUT2D eigenvalue weighted by Crippen LogP contribution is 2.22. The lowest BCUT2D eigenvalue weighted by atomic mass is 10.2. The van der Waals surface area contributed by atoms with Gasteiger partial charge in [-0.15, -0.1) is 0 Å².